The molecule has 2 aromatic rings. The summed E-state index contributed by atoms with van der Waals surface area (Å²) in [6, 6.07) is 14.6. The molecule has 0 aromatic heterocycles. The molecule has 0 unspecified atom stereocenters. The molecule has 0 atom stereocenters. The molecule has 0 amide bonds. The van der Waals surface area contributed by atoms with Crippen LogP contribution in [0.1, 0.15) is 11.1 Å². The maximum absolute atomic E-state index is 9.80. The predicted octanol–water partition coefficient (Wildman–Crippen LogP) is -1.41. The van der Waals surface area contributed by atoms with Crippen LogP contribution in [-0.2, 0) is 15.4 Å². The van der Waals surface area contributed by atoms with Crippen LogP contribution in [0.5, 0.6) is 11.5 Å². The molecular weight excluding hydrogens is 343 g/mol. The topological polar surface area (TPSA) is 46.5 Å². The number of nitrogens with zero attached hydrogens (tertiary/aromatic N) is 2. The summed E-state index contributed by atoms with van der Waals surface area (Å²) >= 11 is 0.434. The number of hydrogen-bond donors (Lipinski definition) is 2. The van der Waals surface area contributed by atoms with Crippen LogP contribution in [0.2, 0.25) is 0 Å². The summed E-state index contributed by atoms with van der Waals surface area (Å²) in [6.45, 7) is 1.80. The standard InChI is InChI=1S/C16H16N2O2.ClH.Mn/c19-15-7-3-1-5-13(15)11-17-9-10-18-12-14-6-2-4-8-16(14)20;;/h1-8,11-12,19-20H,9-10H2;1H;/q;;+3/p-1. The number of aromatic hydroxyl groups is 2. The summed E-state index contributed by atoms with van der Waals surface area (Å²) in [4.78, 5) is 0. The molecule has 1 fully saturated rings. The molecule has 1 aliphatic heterocycles. The molecule has 1 aliphatic rings. The van der Waals surface area contributed by atoms with Crippen LogP contribution in [0.25, 0.3) is 0 Å². The zero-order valence-electron chi connectivity index (χ0n) is 11.7. The van der Waals surface area contributed by atoms with Gasteiger partial charge in [-0.2, -0.15) is 0 Å². The first-order valence-electron chi connectivity index (χ1n) is 6.67. The minimum absolute atomic E-state index is 0. The second kappa shape index (κ2) is 7.45. The maximum Gasteiger partial charge on any atom is -1.00 e. The number of phenolic OH excluding ortho intramolecular Hbond substituents is 2. The molecule has 114 valence electrons. The molecule has 0 spiro atoms. The first kappa shape index (κ1) is 16.6. The van der Waals surface area contributed by atoms with Gasteiger partial charge in [0.1, 0.15) is 0 Å². The van der Waals surface area contributed by atoms with Crippen LogP contribution in [-0.4, -0.2) is 42.9 Å². The molecule has 0 aliphatic carbocycles. The summed E-state index contributed by atoms with van der Waals surface area (Å²) in [5.74, 6) is 0.595. The molecule has 6 heteroatoms. The van der Waals surface area contributed by atoms with Crippen molar-refractivity contribution >= 4 is 12.4 Å². The van der Waals surface area contributed by atoms with Crippen LogP contribution in [0.4, 0.5) is 0 Å². The molecule has 0 saturated carbocycles. The van der Waals surface area contributed by atoms with E-state index in [2.05, 4.69) is 7.18 Å². The fraction of sp³-hybridized carbons (Fsp3) is 0.125. The minimum Gasteiger partial charge on any atom is -1.00 e. The van der Waals surface area contributed by atoms with E-state index >= 15 is 0 Å². The quantitative estimate of drug-likeness (QED) is 0.648. The summed E-state index contributed by atoms with van der Waals surface area (Å²) in [6.07, 6.45) is 3.96. The average Bonchev–Trinajstić information content (AvgIpc) is 2.91. The summed E-state index contributed by atoms with van der Waals surface area (Å²) < 4.78 is 4.35. The average molecular weight is 359 g/mol. The Morgan fingerprint density at radius 1 is 0.773 bits per heavy atom. The Bertz CT molecular complexity index is 670. The van der Waals surface area contributed by atoms with E-state index in [0.29, 0.717) is 26.9 Å². The molecule has 4 nitrogen and oxygen atoms in total. The van der Waals surface area contributed by atoms with Crippen molar-refractivity contribution in [3.63, 3.8) is 0 Å². The summed E-state index contributed by atoms with van der Waals surface area (Å²) in [5.41, 5.74) is 1.66. The van der Waals surface area contributed by atoms with E-state index in [9.17, 15) is 10.2 Å². The summed E-state index contributed by atoms with van der Waals surface area (Å²) in [5, 5.41) is 19.6. The van der Waals surface area contributed by atoms with E-state index in [1.54, 1.807) is 12.1 Å². The van der Waals surface area contributed by atoms with Crippen molar-refractivity contribution in [2.75, 3.05) is 13.1 Å². The molecule has 3 rings (SSSR count). The third-order valence-electron chi connectivity index (χ3n) is 3.15. The largest absolute Gasteiger partial charge is 1.00 e. The van der Waals surface area contributed by atoms with Gasteiger partial charge in [0.05, 0.1) is 0 Å². The van der Waals surface area contributed by atoms with Gasteiger partial charge < -0.3 is 12.4 Å². The van der Waals surface area contributed by atoms with Crippen LogP contribution in [0.15, 0.2) is 48.5 Å². The van der Waals surface area contributed by atoms with Crippen molar-refractivity contribution in [3.05, 3.63) is 59.7 Å². The number of benzene rings is 2. The molecule has 0 radical (unpaired) electrons. The van der Waals surface area contributed by atoms with Gasteiger partial charge >= 0.3 is 129 Å². The van der Waals surface area contributed by atoms with Crippen molar-refractivity contribution in [1.82, 2.24) is 0 Å². The Hall–Kier alpha value is -1.81. The van der Waals surface area contributed by atoms with Gasteiger partial charge in [0.2, 0.25) is 0 Å². The minimum atomic E-state index is 0. The first-order chi connectivity index (χ1) is 10.2. The van der Waals surface area contributed by atoms with Gasteiger partial charge in [-0.05, 0) is 0 Å². The monoisotopic (exact) mass is 358 g/mol. The maximum atomic E-state index is 9.80. The number of para-hydroxylation sites is 2. The number of halogens is 1. The Morgan fingerprint density at radius 2 is 1.18 bits per heavy atom. The molecule has 1 saturated heterocycles. The van der Waals surface area contributed by atoms with Crippen LogP contribution >= 0.6 is 0 Å². The molecule has 2 N–H and O–H groups in total. The zero-order chi connectivity index (χ0) is 14.7. The van der Waals surface area contributed by atoms with Crippen molar-refractivity contribution in [1.29, 1.82) is 0 Å². The molecular formula is C16H16ClMnN2O2+2. The smallest absolute Gasteiger partial charge is 1.00 e. The van der Waals surface area contributed by atoms with Crippen molar-refractivity contribution in [3.8, 4) is 11.5 Å². The van der Waals surface area contributed by atoms with Gasteiger partial charge in [0, 0.05) is 0 Å². The number of hydrogen-bond acceptors (Lipinski definition) is 2. The van der Waals surface area contributed by atoms with Crippen molar-refractivity contribution in [2.45, 2.75) is 0 Å². The SMILES string of the molecule is Oc1ccccc1C=[N+]1CC[N+](=Cc2ccccc2O)[Mn+]1.[Cl-]. The van der Waals surface area contributed by atoms with E-state index in [1.807, 2.05) is 48.8 Å². The van der Waals surface area contributed by atoms with Crippen molar-refractivity contribution in [2.24, 2.45) is 0 Å². The fourth-order valence-corrected chi connectivity index (χ4v) is 3.39. The first-order valence-corrected chi connectivity index (χ1v) is 7.72. The molecule has 2 aromatic carbocycles. The third-order valence-corrected chi connectivity index (χ3v) is 4.59. The van der Waals surface area contributed by atoms with E-state index < -0.39 is 0 Å². The van der Waals surface area contributed by atoms with E-state index in [0.717, 1.165) is 24.2 Å². The van der Waals surface area contributed by atoms with Gasteiger partial charge in [-0.25, -0.2) is 0 Å². The van der Waals surface area contributed by atoms with E-state index in [-0.39, 0.29) is 12.4 Å². The third kappa shape index (κ3) is 3.89. The number of rotatable bonds is 2. The van der Waals surface area contributed by atoms with Crippen LogP contribution in [0, 0.1) is 0 Å². The van der Waals surface area contributed by atoms with Gasteiger partial charge in [0.15, 0.2) is 0 Å². The molecule has 22 heavy (non-hydrogen) atoms. The van der Waals surface area contributed by atoms with Crippen molar-refractivity contribution < 1.29 is 45.2 Å². The second-order valence-electron chi connectivity index (χ2n) is 4.70. The Kier molecular flexibility index (Phi) is 5.61. The van der Waals surface area contributed by atoms with Crippen LogP contribution < -0.4 is 12.4 Å². The number of phenols is 2. The van der Waals surface area contributed by atoms with Gasteiger partial charge in [-0.15, -0.1) is 0 Å². The Labute approximate surface area is 142 Å². The zero-order valence-corrected chi connectivity index (χ0v) is 13.7. The van der Waals surface area contributed by atoms with Gasteiger partial charge in [0.25, 0.3) is 0 Å². The molecule has 1 heterocycles. The Morgan fingerprint density at radius 3 is 1.59 bits per heavy atom. The molecule has 0 bridgehead atoms. The normalized spacial score (nSPS) is 17.6. The summed E-state index contributed by atoms with van der Waals surface area (Å²) in [7, 11) is 0. The van der Waals surface area contributed by atoms with Crippen LogP contribution in [0.3, 0.4) is 0 Å². The van der Waals surface area contributed by atoms with E-state index in [4.69, 9.17) is 0 Å². The fourth-order valence-electron chi connectivity index (χ4n) is 2.06. The Balaban J connectivity index is 0.00000176. The van der Waals surface area contributed by atoms with E-state index in [1.165, 1.54) is 0 Å². The predicted molar refractivity (Wildman–Crippen MR) is 76.8 cm³/mol. The van der Waals surface area contributed by atoms with Gasteiger partial charge in [-0.1, -0.05) is 0 Å². The second-order valence-corrected chi connectivity index (χ2v) is 6.29. The van der Waals surface area contributed by atoms with Gasteiger partial charge in [-0.3, -0.25) is 0 Å².